The predicted octanol–water partition coefficient (Wildman–Crippen LogP) is 5.10. The third-order valence-corrected chi connectivity index (χ3v) is 3.73. The molecule has 2 rings (SSSR count). The first-order valence-corrected chi connectivity index (χ1v) is 8.25. The van der Waals surface area contributed by atoms with E-state index in [0.29, 0.717) is 13.2 Å². The molecule has 0 radical (unpaired) electrons. The number of unbranched alkanes of at least 4 members (excludes halogenated alkanes) is 1. The van der Waals surface area contributed by atoms with Crippen molar-refractivity contribution in [2.45, 2.75) is 40.2 Å². The summed E-state index contributed by atoms with van der Waals surface area (Å²) < 4.78 is 11.4. The van der Waals surface area contributed by atoms with Crippen LogP contribution in [0.3, 0.4) is 0 Å². The van der Waals surface area contributed by atoms with Crippen molar-refractivity contribution < 1.29 is 9.47 Å². The average molecular weight is 313 g/mol. The maximum atomic E-state index is 5.97. The van der Waals surface area contributed by atoms with Crippen molar-refractivity contribution in [1.29, 1.82) is 0 Å². The van der Waals surface area contributed by atoms with E-state index in [1.165, 1.54) is 11.1 Å². The first-order valence-electron chi connectivity index (χ1n) is 8.25. The number of benzene rings is 2. The summed E-state index contributed by atoms with van der Waals surface area (Å²) in [6.07, 6.45) is 2.16. The lowest BCUT2D eigenvalue weighted by atomic mass is 10.1. The lowest BCUT2D eigenvalue weighted by Gasteiger charge is -2.16. The van der Waals surface area contributed by atoms with Crippen LogP contribution in [-0.2, 0) is 6.54 Å². The fraction of sp³-hybridized carbons (Fsp3) is 0.400. The van der Waals surface area contributed by atoms with Crippen molar-refractivity contribution in [3.05, 3.63) is 53.1 Å². The van der Waals surface area contributed by atoms with Crippen molar-refractivity contribution >= 4 is 5.69 Å². The highest BCUT2D eigenvalue weighted by Gasteiger charge is 2.10. The zero-order valence-corrected chi connectivity index (χ0v) is 14.6. The van der Waals surface area contributed by atoms with Crippen molar-refractivity contribution in [2.24, 2.45) is 0 Å². The standard InChI is InChI=1S/C20H27NO2/c1-5-6-10-23-20-17(8-7-9-19(20)22-4)14-21-18-12-15(2)11-16(3)13-18/h7-9,11-13,21H,5-6,10,14H2,1-4H3. The highest BCUT2D eigenvalue weighted by Crippen LogP contribution is 2.32. The first-order chi connectivity index (χ1) is 11.1. The Morgan fingerprint density at radius 3 is 2.43 bits per heavy atom. The molecule has 0 heterocycles. The van der Waals surface area contributed by atoms with Gasteiger partial charge in [0, 0.05) is 17.8 Å². The summed E-state index contributed by atoms with van der Waals surface area (Å²) in [7, 11) is 1.68. The molecule has 2 aromatic rings. The molecule has 0 saturated heterocycles. The summed E-state index contributed by atoms with van der Waals surface area (Å²) in [5.41, 5.74) is 4.76. The predicted molar refractivity (Wildman–Crippen MR) is 96.6 cm³/mol. The van der Waals surface area contributed by atoms with Gasteiger partial charge >= 0.3 is 0 Å². The van der Waals surface area contributed by atoms with E-state index in [9.17, 15) is 0 Å². The van der Waals surface area contributed by atoms with Gasteiger partial charge < -0.3 is 14.8 Å². The summed E-state index contributed by atoms with van der Waals surface area (Å²) >= 11 is 0. The van der Waals surface area contributed by atoms with Crippen LogP contribution in [0, 0.1) is 13.8 Å². The van der Waals surface area contributed by atoms with E-state index in [4.69, 9.17) is 9.47 Å². The maximum Gasteiger partial charge on any atom is 0.166 e. The van der Waals surface area contributed by atoms with Gasteiger partial charge in [-0.05, 0) is 49.6 Å². The zero-order valence-electron chi connectivity index (χ0n) is 14.6. The molecule has 23 heavy (non-hydrogen) atoms. The smallest absolute Gasteiger partial charge is 0.166 e. The van der Waals surface area contributed by atoms with E-state index in [1.54, 1.807) is 7.11 Å². The number of methoxy groups -OCH3 is 1. The molecule has 1 N–H and O–H groups in total. The molecule has 0 spiro atoms. The van der Waals surface area contributed by atoms with Crippen LogP contribution in [0.1, 0.15) is 36.5 Å². The van der Waals surface area contributed by atoms with Crippen molar-refractivity contribution in [2.75, 3.05) is 19.0 Å². The van der Waals surface area contributed by atoms with Gasteiger partial charge in [0.2, 0.25) is 0 Å². The molecule has 0 aliphatic heterocycles. The molecule has 0 aliphatic rings. The molecule has 0 aliphatic carbocycles. The molecule has 0 saturated carbocycles. The highest BCUT2D eigenvalue weighted by molar-refractivity contribution is 5.52. The van der Waals surface area contributed by atoms with Gasteiger partial charge in [0.15, 0.2) is 11.5 Å². The minimum Gasteiger partial charge on any atom is -0.493 e. The minimum absolute atomic E-state index is 0.710. The monoisotopic (exact) mass is 313 g/mol. The number of hydrogen-bond donors (Lipinski definition) is 1. The number of para-hydroxylation sites is 1. The Balaban J connectivity index is 2.14. The van der Waals surface area contributed by atoms with Gasteiger partial charge in [-0.2, -0.15) is 0 Å². The number of anilines is 1. The van der Waals surface area contributed by atoms with Crippen molar-refractivity contribution in [3.63, 3.8) is 0 Å². The van der Waals surface area contributed by atoms with E-state index in [0.717, 1.165) is 35.6 Å². The van der Waals surface area contributed by atoms with Crippen LogP contribution in [0.4, 0.5) is 5.69 Å². The average Bonchev–Trinajstić information content (AvgIpc) is 2.53. The Morgan fingerprint density at radius 1 is 1.04 bits per heavy atom. The number of hydrogen-bond acceptors (Lipinski definition) is 3. The molecule has 3 nitrogen and oxygen atoms in total. The van der Waals surface area contributed by atoms with E-state index in [1.807, 2.05) is 12.1 Å². The topological polar surface area (TPSA) is 30.5 Å². The summed E-state index contributed by atoms with van der Waals surface area (Å²) in [5.74, 6) is 1.64. The van der Waals surface area contributed by atoms with Crippen LogP contribution in [0.5, 0.6) is 11.5 Å². The molecule has 3 heteroatoms. The van der Waals surface area contributed by atoms with E-state index in [2.05, 4.69) is 50.4 Å². The first kappa shape index (κ1) is 17.2. The lowest BCUT2D eigenvalue weighted by molar-refractivity contribution is 0.285. The maximum absolute atomic E-state index is 5.97. The largest absolute Gasteiger partial charge is 0.493 e. The molecular weight excluding hydrogens is 286 g/mol. The van der Waals surface area contributed by atoms with Crippen LogP contribution < -0.4 is 14.8 Å². The van der Waals surface area contributed by atoms with Crippen LogP contribution in [0.2, 0.25) is 0 Å². The number of rotatable bonds is 8. The molecule has 0 amide bonds. The van der Waals surface area contributed by atoms with Gasteiger partial charge in [0.25, 0.3) is 0 Å². The van der Waals surface area contributed by atoms with Crippen molar-refractivity contribution in [1.82, 2.24) is 0 Å². The SMILES string of the molecule is CCCCOc1c(CNc2cc(C)cc(C)c2)cccc1OC. The van der Waals surface area contributed by atoms with Gasteiger partial charge in [0.05, 0.1) is 13.7 Å². The second-order valence-electron chi connectivity index (χ2n) is 5.88. The molecule has 124 valence electrons. The van der Waals surface area contributed by atoms with E-state index >= 15 is 0 Å². The highest BCUT2D eigenvalue weighted by atomic mass is 16.5. The number of ether oxygens (including phenoxy) is 2. The molecule has 0 unspecified atom stereocenters. The third-order valence-electron chi connectivity index (χ3n) is 3.73. The fourth-order valence-corrected chi connectivity index (χ4v) is 2.62. The van der Waals surface area contributed by atoms with E-state index < -0.39 is 0 Å². The minimum atomic E-state index is 0.710. The summed E-state index contributed by atoms with van der Waals surface area (Å²) in [4.78, 5) is 0. The second-order valence-corrected chi connectivity index (χ2v) is 5.88. The number of aryl methyl sites for hydroxylation is 2. The molecular formula is C20H27NO2. The normalized spacial score (nSPS) is 10.4. The summed E-state index contributed by atoms with van der Waals surface area (Å²) in [6, 6.07) is 12.5. The lowest BCUT2D eigenvalue weighted by Crippen LogP contribution is -2.06. The van der Waals surface area contributed by atoms with Gasteiger partial charge in [-0.3, -0.25) is 0 Å². The second kappa shape index (κ2) is 8.47. The Hall–Kier alpha value is -2.16. The Labute approximate surface area is 139 Å². The Kier molecular flexibility index (Phi) is 6.33. The quantitative estimate of drug-likeness (QED) is 0.687. The molecule has 0 bridgehead atoms. The molecule has 0 atom stereocenters. The molecule has 2 aromatic carbocycles. The van der Waals surface area contributed by atoms with Gasteiger partial charge in [-0.15, -0.1) is 0 Å². The fourth-order valence-electron chi connectivity index (χ4n) is 2.62. The molecule has 0 aromatic heterocycles. The zero-order chi connectivity index (χ0) is 16.7. The van der Waals surface area contributed by atoms with Crippen LogP contribution in [-0.4, -0.2) is 13.7 Å². The third kappa shape index (κ3) is 4.92. The van der Waals surface area contributed by atoms with Crippen molar-refractivity contribution in [3.8, 4) is 11.5 Å². The number of nitrogens with one attached hydrogen (secondary N) is 1. The molecule has 0 fully saturated rings. The van der Waals surface area contributed by atoms with Gasteiger partial charge in [0.1, 0.15) is 0 Å². The van der Waals surface area contributed by atoms with Gasteiger partial charge in [-0.1, -0.05) is 31.5 Å². The van der Waals surface area contributed by atoms with Crippen LogP contribution in [0.15, 0.2) is 36.4 Å². The van der Waals surface area contributed by atoms with Crippen LogP contribution in [0.25, 0.3) is 0 Å². The Morgan fingerprint density at radius 2 is 1.78 bits per heavy atom. The van der Waals surface area contributed by atoms with Crippen LogP contribution >= 0.6 is 0 Å². The summed E-state index contributed by atoms with van der Waals surface area (Å²) in [5, 5.41) is 3.49. The van der Waals surface area contributed by atoms with Gasteiger partial charge in [-0.25, -0.2) is 0 Å². The summed E-state index contributed by atoms with van der Waals surface area (Å²) in [6.45, 7) is 7.81. The van der Waals surface area contributed by atoms with E-state index in [-0.39, 0.29) is 0 Å². The Bertz CT molecular complexity index is 617.